The second-order valence-corrected chi connectivity index (χ2v) is 8.22. The number of hydrogen-bond donors (Lipinski definition) is 1. The normalized spacial score (nSPS) is 18.8. The Balaban J connectivity index is 1.84. The number of aromatic nitrogens is 3. The van der Waals surface area contributed by atoms with Crippen molar-refractivity contribution in [2.45, 2.75) is 50.2 Å². The molecule has 1 amide bonds. The molecule has 0 bridgehead atoms. The third-order valence-electron chi connectivity index (χ3n) is 5.30. The lowest BCUT2D eigenvalue weighted by molar-refractivity contribution is -0.118. The largest absolute Gasteiger partial charge is 0.497 e. The topological polar surface area (TPSA) is 92.8 Å². The van der Waals surface area contributed by atoms with Gasteiger partial charge in [0.2, 0.25) is 5.91 Å². The first-order valence-electron chi connectivity index (χ1n) is 9.99. The average Bonchev–Trinajstić information content (AvgIpc) is 3.16. The summed E-state index contributed by atoms with van der Waals surface area (Å²) in [7, 11) is 1.65. The van der Waals surface area contributed by atoms with Crippen LogP contribution in [-0.2, 0) is 4.79 Å². The zero-order valence-electron chi connectivity index (χ0n) is 16.9. The fraction of sp³-hybridized carbons (Fsp3) is 0.524. The number of carbonyl (C=O) groups is 1. The van der Waals surface area contributed by atoms with Crippen LogP contribution in [0.2, 0.25) is 0 Å². The van der Waals surface area contributed by atoms with Crippen molar-refractivity contribution in [3.63, 3.8) is 0 Å². The van der Waals surface area contributed by atoms with Crippen LogP contribution in [0, 0.1) is 17.2 Å². The van der Waals surface area contributed by atoms with Gasteiger partial charge in [-0.25, -0.2) is 0 Å². The van der Waals surface area contributed by atoms with Crippen LogP contribution in [0.3, 0.4) is 0 Å². The molecule has 1 N–H and O–H groups in total. The van der Waals surface area contributed by atoms with E-state index in [0.29, 0.717) is 24.9 Å². The first-order chi connectivity index (χ1) is 14.1. The smallest absolute Gasteiger partial charge is 0.230 e. The van der Waals surface area contributed by atoms with E-state index in [-0.39, 0.29) is 11.7 Å². The fourth-order valence-electron chi connectivity index (χ4n) is 3.73. The predicted octanol–water partition coefficient (Wildman–Crippen LogP) is 3.83. The molecule has 2 aromatic rings. The monoisotopic (exact) mass is 413 g/mol. The molecule has 1 saturated carbocycles. The molecule has 1 aliphatic rings. The molecule has 0 saturated heterocycles. The fourth-order valence-corrected chi connectivity index (χ4v) is 4.55. The maximum absolute atomic E-state index is 12.1. The summed E-state index contributed by atoms with van der Waals surface area (Å²) in [5.74, 6) is 2.32. The van der Waals surface area contributed by atoms with Crippen molar-refractivity contribution in [2.75, 3.05) is 19.4 Å². The van der Waals surface area contributed by atoms with Gasteiger partial charge in [0, 0.05) is 18.2 Å². The van der Waals surface area contributed by atoms with Crippen LogP contribution in [0.5, 0.6) is 5.75 Å². The number of rotatable bonds is 8. The van der Waals surface area contributed by atoms with Crippen molar-refractivity contribution in [2.24, 2.45) is 5.92 Å². The van der Waals surface area contributed by atoms with Crippen molar-refractivity contribution in [3.05, 3.63) is 24.3 Å². The summed E-state index contributed by atoms with van der Waals surface area (Å²) in [4.78, 5) is 12.1. The van der Waals surface area contributed by atoms with Gasteiger partial charge >= 0.3 is 0 Å². The summed E-state index contributed by atoms with van der Waals surface area (Å²) in [6, 6.07) is 10.2. The predicted molar refractivity (Wildman–Crippen MR) is 113 cm³/mol. The minimum Gasteiger partial charge on any atom is -0.497 e. The highest BCUT2D eigenvalue weighted by atomic mass is 32.2. The molecule has 1 aliphatic carbocycles. The molecule has 8 heteroatoms. The quantitative estimate of drug-likeness (QED) is 0.522. The number of ether oxygens (including phenoxy) is 1. The number of carbonyl (C=O) groups excluding carboxylic acids is 1. The van der Waals surface area contributed by atoms with Gasteiger partial charge in [-0.1, -0.05) is 31.5 Å². The van der Waals surface area contributed by atoms with Gasteiger partial charge in [0.05, 0.1) is 25.4 Å². The molecule has 154 valence electrons. The molecule has 1 fully saturated rings. The Labute approximate surface area is 175 Å². The van der Waals surface area contributed by atoms with Gasteiger partial charge in [-0.05, 0) is 43.0 Å². The zero-order chi connectivity index (χ0) is 20.6. The van der Waals surface area contributed by atoms with E-state index in [1.165, 1.54) is 31.0 Å². The number of hydrogen-bond acceptors (Lipinski definition) is 6. The van der Waals surface area contributed by atoms with Gasteiger partial charge in [-0.15, -0.1) is 10.2 Å². The maximum atomic E-state index is 12.1. The van der Waals surface area contributed by atoms with Crippen molar-refractivity contribution in [1.29, 1.82) is 5.26 Å². The molecular formula is C21H27N5O2S. The van der Waals surface area contributed by atoms with Crippen LogP contribution in [0.15, 0.2) is 29.4 Å². The number of nitriles is 1. The highest BCUT2D eigenvalue weighted by Gasteiger charge is 2.28. The van der Waals surface area contributed by atoms with E-state index in [9.17, 15) is 4.79 Å². The lowest BCUT2D eigenvalue weighted by atomic mass is 9.85. The SMILES string of the molecule is COc1ccc(-c2nnc(SCC(=O)NCCC#N)n2[C@H]2CCCC[C@@H]2C)cc1. The second kappa shape index (κ2) is 10.3. The minimum atomic E-state index is -0.0949. The molecule has 0 radical (unpaired) electrons. The molecule has 29 heavy (non-hydrogen) atoms. The first-order valence-corrected chi connectivity index (χ1v) is 11.0. The van der Waals surface area contributed by atoms with Crippen LogP contribution >= 0.6 is 11.8 Å². The molecule has 2 atom stereocenters. The van der Waals surface area contributed by atoms with E-state index in [1.807, 2.05) is 30.3 Å². The lowest BCUT2D eigenvalue weighted by Gasteiger charge is -2.31. The summed E-state index contributed by atoms with van der Waals surface area (Å²) in [5.41, 5.74) is 0.987. The number of nitrogens with one attached hydrogen (secondary N) is 1. The Hall–Kier alpha value is -2.53. The van der Waals surface area contributed by atoms with Crippen molar-refractivity contribution < 1.29 is 9.53 Å². The van der Waals surface area contributed by atoms with Crippen LogP contribution in [0.4, 0.5) is 0 Å². The van der Waals surface area contributed by atoms with Crippen molar-refractivity contribution in [3.8, 4) is 23.2 Å². The number of methoxy groups -OCH3 is 1. The molecule has 7 nitrogen and oxygen atoms in total. The second-order valence-electron chi connectivity index (χ2n) is 7.28. The third kappa shape index (κ3) is 5.30. The Kier molecular flexibility index (Phi) is 7.53. The minimum absolute atomic E-state index is 0.0949. The van der Waals surface area contributed by atoms with E-state index < -0.39 is 0 Å². The lowest BCUT2D eigenvalue weighted by Crippen LogP contribution is -2.26. The summed E-state index contributed by atoms with van der Waals surface area (Å²) in [6.07, 6.45) is 5.02. The van der Waals surface area contributed by atoms with E-state index in [2.05, 4.69) is 27.0 Å². The van der Waals surface area contributed by atoms with Gasteiger partial charge in [-0.3, -0.25) is 9.36 Å². The van der Waals surface area contributed by atoms with E-state index in [4.69, 9.17) is 10.00 Å². The average molecular weight is 414 g/mol. The standard InChI is InChI=1S/C21H27N5O2S/c1-15-6-3-4-7-18(15)26-20(16-8-10-17(28-2)11-9-16)24-25-21(26)29-14-19(27)23-13-5-12-22/h8-11,15,18H,3-7,13-14H2,1-2H3,(H,23,27)/t15-,18-/m0/s1. The molecular weight excluding hydrogens is 386 g/mol. The van der Waals surface area contributed by atoms with E-state index >= 15 is 0 Å². The first kappa shape index (κ1) is 21.2. The van der Waals surface area contributed by atoms with Crippen LogP contribution in [0.1, 0.15) is 45.1 Å². The molecule has 0 unspecified atom stereocenters. The number of benzene rings is 1. The molecule has 0 aliphatic heterocycles. The van der Waals surface area contributed by atoms with Gasteiger partial charge in [0.15, 0.2) is 11.0 Å². The Morgan fingerprint density at radius 1 is 1.31 bits per heavy atom. The van der Waals surface area contributed by atoms with E-state index in [0.717, 1.165) is 28.7 Å². The molecule has 3 rings (SSSR count). The van der Waals surface area contributed by atoms with Gasteiger partial charge in [-0.2, -0.15) is 5.26 Å². The van der Waals surface area contributed by atoms with Crippen LogP contribution in [0.25, 0.3) is 11.4 Å². The number of thioether (sulfide) groups is 1. The maximum Gasteiger partial charge on any atom is 0.230 e. The molecule has 0 spiro atoms. The number of nitrogens with zero attached hydrogens (tertiary/aromatic N) is 4. The van der Waals surface area contributed by atoms with Crippen molar-refractivity contribution >= 4 is 17.7 Å². The summed E-state index contributed by atoms with van der Waals surface area (Å²) in [6.45, 7) is 2.66. The Bertz CT molecular complexity index is 859. The number of amides is 1. The highest BCUT2D eigenvalue weighted by molar-refractivity contribution is 7.99. The van der Waals surface area contributed by atoms with Gasteiger partial charge < -0.3 is 10.1 Å². The summed E-state index contributed by atoms with van der Waals surface area (Å²) in [5, 5.41) is 21.0. The Morgan fingerprint density at radius 3 is 2.76 bits per heavy atom. The Morgan fingerprint density at radius 2 is 2.07 bits per heavy atom. The summed E-state index contributed by atoms with van der Waals surface area (Å²) >= 11 is 1.40. The molecule has 1 aromatic carbocycles. The van der Waals surface area contributed by atoms with Crippen molar-refractivity contribution in [1.82, 2.24) is 20.1 Å². The van der Waals surface area contributed by atoms with Crippen LogP contribution in [-0.4, -0.2) is 40.1 Å². The zero-order valence-corrected chi connectivity index (χ0v) is 17.7. The molecule has 1 heterocycles. The van der Waals surface area contributed by atoms with Crippen LogP contribution < -0.4 is 10.1 Å². The summed E-state index contributed by atoms with van der Waals surface area (Å²) < 4.78 is 7.49. The van der Waals surface area contributed by atoms with Gasteiger partial charge in [0.25, 0.3) is 0 Å². The third-order valence-corrected chi connectivity index (χ3v) is 6.25. The highest BCUT2D eigenvalue weighted by Crippen LogP contribution is 2.39. The van der Waals surface area contributed by atoms with Gasteiger partial charge in [0.1, 0.15) is 5.75 Å². The van der Waals surface area contributed by atoms with E-state index in [1.54, 1.807) is 7.11 Å². The molecule has 1 aromatic heterocycles.